The van der Waals surface area contributed by atoms with E-state index in [0.717, 1.165) is 43.8 Å². The summed E-state index contributed by atoms with van der Waals surface area (Å²) in [4.78, 5) is 15.5. The predicted octanol–water partition coefficient (Wildman–Crippen LogP) is 8.27. The second-order valence-corrected chi connectivity index (χ2v) is 10.3. The van der Waals surface area contributed by atoms with E-state index in [1.165, 1.54) is 28.8 Å². The molecule has 0 amide bonds. The van der Waals surface area contributed by atoms with Crippen LogP contribution in [0.1, 0.15) is 57.9 Å². The van der Waals surface area contributed by atoms with Crippen molar-refractivity contribution in [1.82, 2.24) is 4.90 Å². The van der Waals surface area contributed by atoms with Crippen LogP contribution in [-0.4, -0.2) is 17.4 Å². The zero-order valence-corrected chi connectivity index (χ0v) is 22.0. The van der Waals surface area contributed by atoms with Crippen molar-refractivity contribution < 1.29 is 22.7 Å². The molecule has 1 heterocycles. The molecule has 0 atom stereocenters. The van der Waals surface area contributed by atoms with Crippen molar-refractivity contribution in [1.29, 1.82) is 0 Å². The molecule has 39 heavy (non-hydrogen) atoms. The number of hydrogen-bond acceptors (Lipinski definition) is 3. The Morgan fingerprint density at radius 1 is 0.897 bits per heavy atom. The third-order valence-corrected chi connectivity index (χ3v) is 7.20. The molecule has 0 unspecified atom stereocenters. The Morgan fingerprint density at radius 2 is 1.62 bits per heavy atom. The van der Waals surface area contributed by atoms with Crippen LogP contribution < -0.4 is 4.74 Å². The van der Waals surface area contributed by atoms with Crippen LogP contribution in [0.15, 0.2) is 91.0 Å². The topological polar surface area (TPSA) is 29.5 Å². The third kappa shape index (κ3) is 6.23. The monoisotopic (exact) mass is 529 g/mol. The van der Waals surface area contributed by atoms with Crippen molar-refractivity contribution in [2.45, 2.75) is 45.5 Å². The molecule has 0 aliphatic carbocycles. The number of hydrogen-bond donors (Lipinski definition) is 0. The molecule has 0 spiro atoms. The van der Waals surface area contributed by atoms with E-state index in [9.17, 15) is 18.0 Å². The molecule has 0 bridgehead atoms. The number of ether oxygens (including phenoxy) is 1. The number of halogens is 3. The summed E-state index contributed by atoms with van der Waals surface area (Å²) in [5.74, 6) is 0.425. The van der Waals surface area contributed by atoms with Crippen molar-refractivity contribution in [3.8, 4) is 16.9 Å². The van der Waals surface area contributed by atoms with Gasteiger partial charge in [0, 0.05) is 19.6 Å². The fourth-order valence-electron chi connectivity index (χ4n) is 4.97. The lowest BCUT2D eigenvalue weighted by atomic mass is 9.98. The van der Waals surface area contributed by atoms with Crippen molar-refractivity contribution in [3.63, 3.8) is 0 Å². The molecule has 4 aromatic rings. The van der Waals surface area contributed by atoms with E-state index in [0.29, 0.717) is 28.4 Å². The lowest BCUT2D eigenvalue weighted by Gasteiger charge is -2.29. The lowest BCUT2D eigenvalue weighted by Crippen LogP contribution is -2.30. The molecule has 1 aliphatic heterocycles. The molecule has 0 N–H and O–H groups in total. The Labute approximate surface area is 226 Å². The molecule has 0 saturated heterocycles. The van der Waals surface area contributed by atoms with Gasteiger partial charge in [-0.05, 0) is 76.1 Å². The first-order valence-corrected chi connectivity index (χ1v) is 13.1. The second kappa shape index (κ2) is 11.1. The Bertz CT molecular complexity index is 1460. The van der Waals surface area contributed by atoms with Crippen LogP contribution in [0.3, 0.4) is 0 Å². The largest absolute Gasteiger partial charge is 0.423 e. The number of alkyl halides is 3. The fourth-order valence-corrected chi connectivity index (χ4v) is 4.97. The van der Waals surface area contributed by atoms with Crippen LogP contribution in [0.2, 0.25) is 0 Å². The Morgan fingerprint density at radius 3 is 2.31 bits per heavy atom. The first-order valence-electron chi connectivity index (χ1n) is 13.1. The third-order valence-electron chi connectivity index (χ3n) is 7.20. The summed E-state index contributed by atoms with van der Waals surface area (Å²) in [6.45, 7) is 7.01. The van der Waals surface area contributed by atoms with Crippen LogP contribution in [0.5, 0.6) is 5.75 Å². The lowest BCUT2D eigenvalue weighted by molar-refractivity contribution is -0.137. The molecule has 3 nitrogen and oxygen atoms in total. The van der Waals surface area contributed by atoms with E-state index in [4.69, 9.17) is 4.74 Å². The molecule has 1 aliphatic rings. The number of esters is 1. The summed E-state index contributed by atoms with van der Waals surface area (Å²) in [7, 11) is 0. The molecular formula is C33H30F3NO2. The van der Waals surface area contributed by atoms with E-state index in [1.54, 1.807) is 30.3 Å². The average Bonchev–Trinajstić information content (AvgIpc) is 2.93. The summed E-state index contributed by atoms with van der Waals surface area (Å²) in [6.07, 6.45) is -3.56. The number of carbonyl (C=O) groups is 1. The summed E-state index contributed by atoms with van der Waals surface area (Å²) in [6, 6.07) is 26.1. The standard InChI is InChI=1S/C33H30F3NO2/c1-22(2)24-9-7-23(8-10-24)20-37-18-17-26-19-29(16-13-27(26)21-37)39-32(38)31-6-4-3-5-30(31)25-11-14-28(15-12-25)33(34,35)36/h3-16,19,22H,17-18,20-21H2,1-2H3. The molecule has 6 heteroatoms. The first-order chi connectivity index (χ1) is 18.7. The maximum atomic E-state index is 13.1. The number of rotatable bonds is 6. The quantitative estimate of drug-likeness (QED) is 0.186. The zero-order valence-electron chi connectivity index (χ0n) is 22.0. The highest BCUT2D eigenvalue weighted by molar-refractivity contribution is 5.98. The van der Waals surface area contributed by atoms with Gasteiger partial charge in [-0.15, -0.1) is 0 Å². The maximum absolute atomic E-state index is 13.1. The van der Waals surface area contributed by atoms with Crippen LogP contribution in [-0.2, 0) is 25.7 Å². The van der Waals surface area contributed by atoms with E-state index in [-0.39, 0.29) is 0 Å². The first kappa shape index (κ1) is 26.7. The van der Waals surface area contributed by atoms with Gasteiger partial charge in [0.05, 0.1) is 11.1 Å². The number of fused-ring (bicyclic) bond motifs is 1. The van der Waals surface area contributed by atoms with Gasteiger partial charge in [0.15, 0.2) is 0 Å². The second-order valence-electron chi connectivity index (χ2n) is 10.3. The van der Waals surface area contributed by atoms with Crippen LogP contribution in [0.25, 0.3) is 11.1 Å². The number of carbonyl (C=O) groups excluding carboxylic acids is 1. The molecule has 0 radical (unpaired) electrons. The van der Waals surface area contributed by atoms with Crippen molar-refractivity contribution in [3.05, 3.63) is 124 Å². The van der Waals surface area contributed by atoms with Gasteiger partial charge in [0.1, 0.15) is 5.75 Å². The normalized spacial score (nSPS) is 13.8. The van der Waals surface area contributed by atoms with Crippen molar-refractivity contribution >= 4 is 5.97 Å². The van der Waals surface area contributed by atoms with Gasteiger partial charge >= 0.3 is 12.1 Å². The van der Waals surface area contributed by atoms with Crippen molar-refractivity contribution in [2.75, 3.05) is 6.54 Å². The van der Waals surface area contributed by atoms with Crippen molar-refractivity contribution in [2.24, 2.45) is 0 Å². The summed E-state index contributed by atoms with van der Waals surface area (Å²) in [5.41, 5.74) is 5.60. The van der Waals surface area contributed by atoms with Gasteiger partial charge in [-0.2, -0.15) is 13.2 Å². The van der Waals surface area contributed by atoms with E-state index in [2.05, 4.69) is 43.0 Å². The summed E-state index contributed by atoms with van der Waals surface area (Å²) >= 11 is 0. The minimum absolute atomic E-state index is 0.296. The predicted molar refractivity (Wildman–Crippen MR) is 147 cm³/mol. The Balaban J connectivity index is 1.27. The highest BCUT2D eigenvalue weighted by atomic mass is 19.4. The van der Waals surface area contributed by atoms with Gasteiger partial charge in [-0.3, -0.25) is 4.90 Å². The van der Waals surface area contributed by atoms with Gasteiger partial charge in [0.2, 0.25) is 0 Å². The molecular weight excluding hydrogens is 499 g/mol. The molecule has 0 saturated carbocycles. The van der Waals surface area contributed by atoms with Gasteiger partial charge in [-0.1, -0.05) is 74.5 Å². The number of benzene rings is 4. The molecule has 5 rings (SSSR count). The Kier molecular flexibility index (Phi) is 7.58. The van der Waals surface area contributed by atoms with Gasteiger partial charge in [0.25, 0.3) is 0 Å². The van der Waals surface area contributed by atoms with Crippen LogP contribution in [0, 0.1) is 0 Å². The van der Waals surface area contributed by atoms with Gasteiger partial charge < -0.3 is 4.74 Å². The fraction of sp³-hybridized carbons (Fsp3) is 0.242. The minimum Gasteiger partial charge on any atom is -0.423 e. The van der Waals surface area contributed by atoms with Gasteiger partial charge in [-0.25, -0.2) is 4.79 Å². The minimum atomic E-state index is -4.42. The number of nitrogens with zero attached hydrogens (tertiary/aromatic N) is 1. The summed E-state index contributed by atoms with van der Waals surface area (Å²) < 4.78 is 44.6. The maximum Gasteiger partial charge on any atom is 0.416 e. The molecule has 0 fully saturated rings. The molecule has 0 aromatic heterocycles. The van der Waals surface area contributed by atoms with E-state index >= 15 is 0 Å². The highest BCUT2D eigenvalue weighted by Gasteiger charge is 2.30. The van der Waals surface area contributed by atoms with Crippen LogP contribution in [0.4, 0.5) is 13.2 Å². The molecule has 200 valence electrons. The molecule has 4 aromatic carbocycles. The SMILES string of the molecule is CC(C)c1ccc(CN2CCc3cc(OC(=O)c4ccccc4-c4ccc(C(F)(F)F)cc4)ccc3C2)cc1. The smallest absolute Gasteiger partial charge is 0.416 e. The van der Waals surface area contributed by atoms with E-state index in [1.807, 2.05) is 12.1 Å². The Hall–Kier alpha value is -3.90. The van der Waals surface area contributed by atoms with Crippen LogP contribution >= 0.6 is 0 Å². The zero-order chi connectivity index (χ0) is 27.6. The average molecular weight is 530 g/mol. The highest BCUT2D eigenvalue weighted by Crippen LogP contribution is 2.32. The van der Waals surface area contributed by atoms with E-state index < -0.39 is 17.7 Å². The summed E-state index contributed by atoms with van der Waals surface area (Å²) in [5, 5.41) is 0.